The van der Waals surface area contributed by atoms with Gasteiger partial charge in [0.2, 0.25) is 0 Å². The Morgan fingerprint density at radius 1 is 0.632 bits per heavy atom. The molecule has 0 spiro atoms. The highest BCUT2D eigenvalue weighted by molar-refractivity contribution is 6.25. The van der Waals surface area contributed by atoms with Crippen LogP contribution in [0, 0.1) is 0 Å². The van der Waals surface area contributed by atoms with E-state index in [4.69, 9.17) is 11.6 Å². The highest BCUT2D eigenvalue weighted by Crippen LogP contribution is 2.12. The molecular formula is C18H33Cl. The van der Waals surface area contributed by atoms with Gasteiger partial charge in [-0.15, -0.1) is 0 Å². The number of halogens is 1. The van der Waals surface area contributed by atoms with E-state index >= 15 is 0 Å². The Labute approximate surface area is 126 Å². The zero-order valence-electron chi connectivity index (χ0n) is 12.9. The molecule has 0 aromatic rings. The maximum absolute atomic E-state index is 5.43. The lowest BCUT2D eigenvalue weighted by atomic mass is 10.0. The maximum Gasteiger partial charge on any atom is 0.00423 e. The van der Waals surface area contributed by atoms with Crippen LogP contribution >= 0.6 is 11.6 Å². The minimum absolute atomic E-state index is 1.19. The van der Waals surface area contributed by atoms with Gasteiger partial charge in [0.25, 0.3) is 0 Å². The lowest BCUT2D eigenvalue weighted by Crippen LogP contribution is -1.82. The molecular weight excluding hydrogens is 252 g/mol. The third-order valence-electron chi connectivity index (χ3n) is 3.54. The molecule has 0 saturated carbocycles. The molecule has 112 valence electrons. The van der Waals surface area contributed by atoms with Gasteiger partial charge >= 0.3 is 0 Å². The molecule has 0 saturated heterocycles. The molecule has 0 aliphatic carbocycles. The summed E-state index contributed by atoms with van der Waals surface area (Å²) in [6.45, 7) is 2.28. The van der Waals surface area contributed by atoms with Gasteiger partial charge in [-0.05, 0) is 12.8 Å². The molecule has 0 aliphatic heterocycles. The summed E-state index contributed by atoms with van der Waals surface area (Å²) >= 11 is 5.43. The Morgan fingerprint density at radius 2 is 1.11 bits per heavy atom. The first-order valence-electron chi connectivity index (χ1n) is 8.33. The molecule has 0 aromatic heterocycles. The molecule has 0 bridgehead atoms. The average Bonchev–Trinajstić information content (AvgIpc) is 2.43. The van der Waals surface area contributed by atoms with E-state index in [-0.39, 0.29) is 0 Å². The Morgan fingerprint density at radius 3 is 1.58 bits per heavy atom. The molecule has 0 unspecified atom stereocenters. The normalized spacial score (nSPS) is 11.9. The fourth-order valence-electron chi connectivity index (χ4n) is 2.32. The summed E-state index contributed by atoms with van der Waals surface area (Å²) in [4.78, 5) is 0. The third kappa shape index (κ3) is 17.8. The molecule has 0 amide bonds. The van der Waals surface area contributed by atoms with Crippen molar-refractivity contribution in [3.05, 3.63) is 23.8 Å². The molecule has 0 rings (SSSR count). The second-order valence-electron chi connectivity index (χ2n) is 5.42. The first kappa shape index (κ1) is 18.8. The number of hydrogen-bond donors (Lipinski definition) is 0. The Balaban J connectivity index is 2.99. The zero-order chi connectivity index (χ0) is 14.0. The van der Waals surface area contributed by atoms with E-state index in [0.717, 1.165) is 0 Å². The van der Waals surface area contributed by atoms with Crippen molar-refractivity contribution in [3.8, 4) is 0 Å². The Kier molecular flexibility index (Phi) is 17.6. The lowest BCUT2D eigenvalue weighted by Gasteiger charge is -2.02. The van der Waals surface area contributed by atoms with Crippen LogP contribution < -0.4 is 0 Å². The summed E-state index contributed by atoms with van der Waals surface area (Å²) in [5.74, 6) is 0. The summed E-state index contributed by atoms with van der Waals surface area (Å²) in [6.07, 6.45) is 24.3. The second kappa shape index (κ2) is 17.8. The van der Waals surface area contributed by atoms with E-state index in [1.54, 1.807) is 5.54 Å². The molecule has 0 fully saturated rings. The minimum Gasteiger partial charge on any atom is -0.0930 e. The quantitative estimate of drug-likeness (QED) is 0.230. The van der Waals surface area contributed by atoms with Crippen molar-refractivity contribution in [2.45, 2.75) is 90.4 Å². The standard InChI is InChI=1S/C18H33Cl/c1-2-3-4-5-6-7-8-9-10-11-12-13-14-15-16-17-18-19/h15-18H,2-14H2,1H3. The van der Waals surface area contributed by atoms with Crippen LogP contribution in [-0.4, -0.2) is 0 Å². The van der Waals surface area contributed by atoms with Crippen LogP contribution in [0.5, 0.6) is 0 Å². The second-order valence-corrected chi connectivity index (χ2v) is 5.68. The van der Waals surface area contributed by atoms with Crippen molar-refractivity contribution in [1.82, 2.24) is 0 Å². The highest BCUT2D eigenvalue weighted by atomic mass is 35.5. The van der Waals surface area contributed by atoms with Crippen molar-refractivity contribution < 1.29 is 0 Å². The van der Waals surface area contributed by atoms with Crippen molar-refractivity contribution in [2.75, 3.05) is 0 Å². The largest absolute Gasteiger partial charge is 0.0930 e. The molecule has 0 nitrogen and oxygen atoms in total. The number of allylic oxidation sites excluding steroid dienone is 3. The van der Waals surface area contributed by atoms with Gasteiger partial charge in [0.15, 0.2) is 0 Å². The lowest BCUT2D eigenvalue weighted by molar-refractivity contribution is 0.545. The maximum atomic E-state index is 5.43. The Hall–Kier alpha value is -0.230. The van der Waals surface area contributed by atoms with Gasteiger partial charge in [0, 0.05) is 5.54 Å². The van der Waals surface area contributed by atoms with Gasteiger partial charge in [0.05, 0.1) is 0 Å². The molecule has 0 atom stereocenters. The molecule has 0 aliphatic rings. The van der Waals surface area contributed by atoms with Crippen LogP contribution in [-0.2, 0) is 0 Å². The molecule has 0 N–H and O–H groups in total. The van der Waals surface area contributed by atoms with Gasteiger partial charge < -0.3 is 0 Å². The smallest absolute Gasteiger partial charge is 0.00423 e. The first-order chi connectivity index (χ1) is 9.41. The first-order valence-corrected chi connectivity index (χ1v) is 8.77. The van der Waals surface area contributed by atoms with Crippen molar-refractivity contribution >= 4 is 11.6 Å². The van der Waals surface area contributed by atoms with Crippen LogP contribution in [0.2, 0.25) is 0 Å². The minimum atomic E-state index is 1.19. The molecule has 0 aromatic carbocycles. The zero-order valence-corrected chi connectivity index (χ0v) is 13.6. The van der Waals surface area contributed by atoms with Crippen molar-refractivity contribution in [2.24, 2.45) is 0 Å². The monoisotopic (exact) mass is 284 g/mol. The Bertz CT molecular complexity index is 206. The van der Waals surface area contributed by atoms with Gasteiger partial charge in [-0.2, -0.15) is 0 Å². The topological polar surface area (TPSA) is 0 Å². The molecule has 0 heterocycles. The summed E-state index contributed by atoms with van der Waals surface area (Å²) in [6, 6.07) is 0. The van der Waals surface area contributed by atoms with E-state index < -0.39 is 0 Å². The molecule has 19 heavy (non-hydrogen) atoms. The van der Waals surface area contributed by atoms with Gasteiger partial charge in [-0.3, -0.25) is 0 Å². The van der Waals surface area contributed by atoms with Crippen molar-refractivity contribution in [1.29, 1.82) is 0 Å². The summed E-state index contributed by atoms with van der Waals surface area (Å²) < 4.78 is 0. The van der Waals surface area contributed by atoms with Crippen LogP contribution in [0.15, 0.2) is 23.8 Å². The van der Waals surface area contributed by atoms with E-state index in [2.05, 4.69) is 13.0 Å². The van der Waals surface area contributed by atoms with E-state index in [1.807, 2.05) is 12.2 Å². The number of hydrogen-bond acceptors (Lipinski definition) is 0. The van der Waals surface area contributed by atoms with Gasteiger partial charge in [0.1, 0.15) is 0 Å². The average molecular weight is 285 g/mol. The summed E-state index contributed by atoms with van der Waals surface area (Å²) in [5, 5.41) is 0. The predicted molar refractivity (Wildman–Crippen MR) is 89.8 cm³/mol. The summed E-state index contributed by atoms with van der Waals surface area (Å²) in [7, 11) is 0. The van der Waals surface area contributed by atoms with Crippen LogP contribution in [0.25, 0.3) is 0 Å². The number of unbranched alkanes of at least 4 members (excludes halogenated alkanes) is 12. The number of rotatable bonds is 14. The third-order valence-corrected chi connectivity index (χ3v) is 3.69. The molecule has 0 radical (unpaired) electrons. The van der Waals surface area contributed by atoms with E-state index in [9.17, 15) is 0 Å². The van der Waals surface area contributed by atoms with Gasteiger partial charge in [-0.1, -0.05) is 107 Å². The summed E-state index contributed by atoms with van der Waals surface area (Å²) in [5.41, 5.74) is 1.55. The van der Waals surface area contributed by atoms with E-state index in [1.165, 1.54) is 83.5 Å². The van der Waals surface area contributed by atoms with Crippen LogP contribution in [0.4, 0.5) is 0 Å². The van der Waals surface area contributed by atoms with Crippen LogP contribution in [0.1, 0.15) is 90.4 Å². The van der Waals surface area contributed by atoms with Crippen molar-refractivity contribution in [3.63, 3.8) is 0 Å². The molecule has 1 heteroatoms. The SMILES string of the molecule is CCCCCCCCCCCCCCC=CC=CCl. The van der Waals surface area contributed by atoms with Gasteiger partial charge in [-0.25, -0.2) is 0 Å². The van der Waals surface area contributed by atoms with Crippen LogP contribution in [0.3, 0.4) is 0 Å². The predicted octanol–water partition coefficient (Wildman–Crippen LogP) is 7.39. The fourth-order valence-corrected chi connectivity index (χ4v) is 2.40. The highest BCUT2D eigenvalue weighted by Gasteiger charge is 1.92. The fraction of sp³-hybridized carbons (Fsp3) is 0.778. The van der Waals surface area contributed by atoms with E-state index in [0.29, 0.717) is 0 Å².